The van der Waals surface area contributed by atoms with Gasteiger partial charge in [-0.2, -0.15) is 0 Å². The van der Waals surface area contributed by atoms with E-state index in [2.05, 4.69) is 0 Å². The quantitative estimate of drug-likeness (QED) is 0.874. The number of phenols is 1. The van der Waals surface area contributed by atoms with Crippen molar-refractivity contribution in [3.05, 3.63) is 29.6 Å². The summed E-state index contributed by atoms with van der Waals surface area (Å²) < 4.78 is 13.7. The van der Waals surface area contributed by atoms with Gasteiger partial charge in [0.25, 0.3) is 5.91 Å². The zero-order chi connectivity index (χ0) is 13.8. The van der Waals surface area contributed by atoms with Crippen molar-refractivity contribution in [3.63, 3.8) is 0 Å². The maximum Gasteiger partial charge on any atom is 0.257 e. The lowest BCUT2D eigenvalue weighted by Gasteiger charge is -2.28. The highest BCUT2D eigenvalue weighted by molar-refractivity contribution is 5.94. The lowest BCUT2D eigenvalue weighted by Crippen LogP contribution is -2.42. The van der Waals surface area contributed by atoms with Crippen LogP contribution in [0.15, 0.2) is 18.2 Å². The number of halogens is 1. The molecule has 3 N–H and O–H groups in total. The zero-order valence-electron chi connectivity index (χ0n) is 10.8. The topological polar surface area (TPSA) is 66.6 Å². The molecule has 1 aliphatic rings. The smallest absolute Gasteiger partial charge is 0.257 e. The van der Waals surface area contributed by atoms with Crippen molar-refractivity contribution in [3.8, 4) is 5.75 Å². The molecule has 0 saturated heterocycles. The summed E-state index contributed by atoms with van der Waals surface area (Å²) in [5.41, 5.74) is 5.55. The Kier molecular flexibility index (Phi) is 4.37. The van der Waals surface area contributed by atoms with Crippen LogP contribution in [0.1, 0.15) is 36.0 Å². The van der Waals surface area contributed by atoms with Crippen LogP contribution >= 0.6 is 0 Å². The van der Waals surface area contributed by atoms with Gasteiger partial charge in [0.1, 0.15) is 11.6 Å². The number of carbonyl (C=O) groups excluding carboxylic acids is 1. The van der Waals surface area contributed by atoms with E-state index >= 15 is 0 Å². The highest BCUT2D eigenvalue weighted by Gasteiger charge is 2.28. The van der Waals surface area contributed by atoms with Gasteiger partial charge in [-0.3, -0.25) is 4.79 Å². The lowest BCUT2D eigenvalue weighted by molar-refractivity contribution is 0.0683. The van der Waals surface area contributed by atoms with Gasteiger partial charge in [-0.15, -0.1) is 0 Å². The summed E-state index contributed by atoms with van der Waals surface area (Å²) in [6, 6.07) is 3.77. The van der Waals surface area contributed by atoms with Gasteiger partial charge in [0.2, 0.25) is 0 Å². The van der Waals surface area contributed by atoms with Crippen LogP contribution in [0.4, 0.5) is 4.39 Å². The van der Waals surface area contributed by atoms with Gasteiger partial charge in [-0.05, 0) is 25.0 Å². The highest BCUT2D eigenvalue weighted by atomic mass is 19.1. The molecule has 0 heterocycles. The first-order valence-corrected chi connectivity index (χ1v) is 6.63. The largest absolute Gasteiger partial charge is 0.508 e. The SMILES string of the molecule is NCCN(C(=O)c1ccc(O)cc1F)C1CCCC1. The third kappa shape index (κ3) is 3.04. The first-order valence-electron chi connectivity index (χ1n) is 6.63. The van der Waals surface area contributed by atoms with Crippen LogP contribution in [-0.4, -0.2) is 35.0 Å². The first kappa shape index (κ1) is 13.8. The van der Waals surface area contributed by atoms with Crippen molar-refractivity contribution in [1.29, 1.82) is 0 Å². The molecule has 2 rings (SSSR count). The van der Waals surface area contributed by atoms with Crippen molar-refractivity contribution in [2.45, 2.75) is 31.7 Å². The number of hydrogen-bond acceptors (Lipinski definition) is 3. The number of nitrogens with two attached hydrogens (primary N) is 1. The van der Waals surface area contributed by atoms with E-state index in [9.17, 15) is 14.3 Å². The second kappa shape index (κ2) is 6.02. The average Bonchev–Trinajstić information content (AvgIpc) is 2.89. The Labute approximate surface area is 112 Å². The minimum absolute atomic E-state index is 0.00171. The maximum absolute atomic E-state index is 13.7. The molecule has 19 heavy (non-hydrogen) atoms. The molecule has 1 aliphatic carbocycles. The van der Waals surface area contributed by atoms with E-state index in [1.165, 1.54) is 12.1 Å². The second-order valence-electron chi connectivity index (χ2n) is 4.89. The van der Waals surface area contributed by atoms with E-state index in [-0.39, 0.29) is 23.3 Å². The molecule has 0 atom stereocenters. The van der Waals surface area contributed by atoms with E-state index in [1.54, 1.807) is 4.90 Å². The Balaban J connectivity index is 2.22. The van der Waals surface area contributed by atoms with Gasteiger partial charge in [-0.25, -0.2) is 4.39 Å². The minimum atomic E-state index is -0.690. The molecule has 1 saturated carbocycles. The van der Waals surface area contributed by atoms with Crippen LogP contribution in [0.5, 0.6) is 5.75 Å². The van der Waals surface area contributed by atoms with Crippen molar-refractivity contribution >= 4 is 5.91 Å². The van der Waals surface area contributed by atoms with Crippen LogP contribution in [0, 0.1) is 5.82 Å². The number of nitrogens with zero attached hydrogens (tertiary/aromatic N) is 1. The van der Waals surface area contributed by atoms with Gasteiger partial charge in [0.15, 0.2) is 0 Å². The number of carbonyl (C=O) groups is 1. The third-order valence-electron chi connectivity index (χ3n) is 3.58. The molecule has 5 heteroatoms. The fourth-order valence-electron chi connectivity index (χ4n) is 2.64. The number of phenolic OH excluding ortho intramolecular Hbond substituents is 1. The summed E-state index contributed by atoms with van der Waals surface area (Å²) in [5.74, 6) is -1.21. The van der Waals surface area contributed by atoms with E-state index in [1.807, 2.05) is 0 Å². The summed E-state index contributed by atoms with van der Waals surface area (Å²) >= 11 is 0. The summed E-state index contributed by atoms with van der Waals surface area (Å²) in [4.78, 5) is 14.1. The van der Waals surface area contributed by atoms with Crippen molar-refractivity contribution in [2.75, 3.05) is 13.1 Å². The number of aromatic hydroxyl groups is 1. The van der Waals surface area contributed by atoms with Gasteiger partial charge >= 0.3 is 0 Å². The molecular weight excluding hydrogens is 247 g/mol. The van der Waals surface area contributed by atoms with Crippen molar-refractivity contribution < 1.29 is 14.3 Å². The highest BCUT2D eigenvalue weighted by Crippen LogP contribution is 2.26. The van der Waals surface area contributed by atoms with Crippen molar-refractivity contribution in [2.24, 2.45) is 5.73 Å². The summed E-state index contributed by atoms with van der Waals surface area (Å²) in [5, 5.41) is 9.19. The molecular formula is C14H19FN2O2. The standard InChI is InChI=1S/C14H19FN2O2/c15-13-9-11(18)5-6-12(13)14(19)17(8-7-16)10-3-1-2-4-10/h5-6,9-10,18H,1-4,7-8,16H2. The number of amides is 1. The molecule has 4 nitrogen and oxygen atoms in total. The third-order valence-corrected chi connectivity index (χ3v) is 3.58. The maximum atomic E-state index is 13.7. The average molecular weight is 266 g/mol. The number of hydrogen-bond donors (Lipinski definition) is 2. The Bertz CT molecular complexity index is 459. The Morgan fingerprint density at radius 3 is 2.68 bits per heavy atom. The van der Waals surface area contributed by atoms with Gasteiger partial charge < -0.3 is 15.7 Å². The Hall–Kier alpha value is -1.62. The van der Waals surface area contributed by atoms with Crippen molar-refractivity contribution in [1.82, 2.24) is 4.90 Å². The lowest BCUT2D eigenvalue weighted by atomic mass is 10.1. The van der Waals surface area contributed by atoms with E-state index in [0.717, 1.165) is 31.7 Å². The second-order valence-corrected chi connectivity index (χ2v) is 4.89. The molecule has 1 aromatic carbocycles. The van der Waals surface area contributed by atoms with E-state index in [4.69, 9.17) is 5.73 Å². The summed E-state index contributed by atoms with van der Waals surface area (Å²) in [6.45, 7) is 0.797. The Morgan fingerprint density at radius 2 is 2.11 bits per heavy atom. The predicted octanol–water partition coefficient (Wildman–Crippen LogP) is 1.87. The normalized spacial score (nSPS) is 15.7. The molecule has 1 fully saturated rings. The van der Waals surface area contributed by atoms with E-state index < -0.39 is 5.82 Å². The molecule has 0 unspecified atom stereocenters. The zero-order valence-corrected chi connectivity index (χ0v) is 10.8. The molecule has 0 aromatic heterocycles. The minimum Gasteiger partial charge on any atom is -0.508 e. The Morgan fingerprint density at radius 1 is 1.42 bits per heavy atom. The fraction of sp³-hybridized carbons (Fsp3) is 0.500. The molecule has 0 spiro atoms. The van der Waals surface area contributed by atoms with E-state index in [0.29, 0.717) is 13.1 Å². The molecule has 0 bridgehead atoms. The first-order chi connectivity index (χ1) is 9.13. The predicted molar refractivity (Wildman–Crippen MR) is 70.4 cm³/mol. The van der Waals surface area contributed by atoms with Crippen LogP contribution in [0.25, 0.3) is 0 Å². The van der Waals surface area contributed by atoms with Crippen LogP contribution in [0.3, 0.4) is 0 Å². The number of benzene rings is 1. The molecule has 104 valence electrons. The van der Waals surface area contributed by atoms with Crippen LogP contribution < -0.4 is 5.73 Å². The van der Waals surface area contributed by atoms with Gasteiger partial charge in [-0.1, -0.05) is 12.8 Å². The molecule has 1 amide bonds. The van der Waals surface area contributed by atoms with Crippen LogP contribution in [0.2, 0.25) is 0 Å². The van der Waals surface area contributed by atoms with Gasteiger partial charge in [0, 0.05) is 25.2 Å². The molecule has 0 radical (unpaired) electrons. The molecule has 1 aromatic rings. The summed E-state index contributed by atoms with van der Waals surface area (Å²) in [6.07, 6.45) is 4.09. The molecule has 0 aliphatic heterocycles. The van der Waals surface area contributed by atoms with Crippen LogP contribution in [-0.2, 0) is 0 Å². The summed E-state index contributed by atoms with van der Waals surface area (Å²) in [7, 11) is 0. The fourth-order valence-corrected chi connectivity index (χ4v) is 2.64. The van der Waals surface area contributed by atoms with Gasteiger partial charge in [0.05, 0.1) is 5.56 Å². The monoisotopic (exact) mass is 266 g/mol. The number of rotatable bonds is 4.